The lowest BCUT2D eigenvalue weighted by atomic mass is 9.82. The third-order valence-electron chi connectivity index (χ3n) is 3.47. The van der Waals surface area contributed by atoms with Gasteiger partial charge in [0.1, 0.15) is 6.61 Å². The van der Waals surface area contributed by atoms with E-state index in [-0.39, 0.29) is 18.1 Å². The molecule has 100 valence electrons. The fraction of sp³-hybridized carbons (Fsp3) is 1.00. The number of hydrogen-bond donors (Lipinski definition) is 0. The van der Waals surface area contributed by atoms with Gasteiger partial charge in [-0.05, 0) is 25.2 Å². The van der Waals surface area contributed by atoms with Crippen LogP contribution in [-0.2, 0) is 9.47 Å². The minimum absolute atomic E-state index is 0.0649. The summed E-state index contributed by atoms with van der Waals surface area (Å²) in [6, 6.07) is 0. The van der Waals surface area contributed by atoms with Crippen LogP contribution in [0.4, 0.5) is 13.2 Å². The number of halogens is 4. The molecule has 0 amide bonds. The van der Waals surface area contributed by atoms with E-state index >= 15 is 0 Å². The standard InChI is InChI=1S/C11H16BrF3O2/c12-5-10(6-16-7-11(13,14)15)3-4-17-9(10)8-1-2-8/h8-9H,1-7H2. The van der Waals surface area contributed by atoms with Gasteiger partial charge < -0.3 is 9.47 Å². The zero-order valence-electron chi connectivity index (χ0n) is 9.43. The lowest BCUT2D eigenvalue weighted by Crippen LogP contribution is -2.39. The largest absolute Gasteiger partial charge is 0.411 e. The molecule has 0 aromatic rings. The van der Waals surface area contributed by atoms with Crippen LogP contribution in [0.5, 0.6) is 0 Å². The minimum atomic E-state index is -4.25. The van der Waals surface area contributed by atoms with Gasteiger partial charge in [0.2, 0.25) is 0 Å². The van der Waals surface area contributed by atoms with Crippen molar-refractivity contribution in [2.75, 3.05) is 25.2 Å². The highest BCUT2D eigenvalue weighted by Crippen LogP contribution is 2.48. The molecule has 0 radical (unpaired) electrons. The number of alkyl halides is 4. The van der Waals surface area contributed by atoms with Gasteiger partial charge in [-0.3, -0.25) is 0 Å². The van der Waals surface area contributed by atoms with Crippen LogP contribution in [-0.4, -0.2) is 37.4 Å². The fourth-order valence-corrected chi connectivity index (χ4v) is 3.21. The molecule has 0 spiro atoms. The average molecular weight is 317 g/mol. The molecule has 6 heteroatoms. The Morgan fingerprint density at radius 1 is 1.35 bits per heavy atom. The summed E-state index contributed by atoms with van der Waals surface area (Å²) in [4.78, 5) is 0. The highest BCUT2D eigenvalue weighted by Gasteiger charge is 2.50. The summed E-state index contributed by atoms with van der Waals surface area (Å²) in [7, 11) is 0. The van der Waals surface area contributed by atoms with Crippen LogP contribution in [0, 0.1) is 11.3 Å². The molecule has 17 heavy (non-hydrogen) atoms. The SMILES string of the molecule is FC(F)(F)COCC1(CBr)CCOC1C1CC1. The molecular formula is C11H16BrF3O2. The topological polar surface area (TPSA) is 18.5 Å². The fourth-order valence-electron chi connectivity index (χ4n) is 2.45. The smallest absolute Gasteiger partial charge is 0.377 e. The molecular weight excluding hydrogens is 301 g/mol. The van der Waals surface area contributed by atoms with Gasteiger partial charge in [0, 0.05) is 17.4 Å². The average Bonchev–Trinajstić information content (AvgIpc) is 2.99. The van der Waals surface area contributed by atoms with E-state index in [2.05, 4.69) is 15.9 Å². The van der Waals surface area contributed by atoms with Crippen LogP contribution >= 0.6 is 15.9 Å². The first-order valence-electron chi connectivity index (χ1n) is 5.79. The molecule has 0 aromatic carbocycles. The zero-order chi connectivity index (χ0) is 12.5. The molecule has 1 saturated heterocycles. The van der Waals surface area contributed by atoms with Crippen LogP contribution in [0.3, 0.4) is 0 Å². The molecule has 2 atom stereocenters. The Kier molecular flexibility index (Phi) is 4.05. The van der Waals surface area contributed by atoms with Crippen molar-refractivity contribution in [3.8, 4) is 0 Å². The van der Waals surface area contributed by atoms with Gasteiger partial charge in [0.15, 0.2) is 0 Å². The van der Waals surface area contributed by atoms with Gasteiger partial charge >= 0.3 is 6.18 Å². The normalized spacial score (nSPS) is 34.2. The van der Waals surface area contributed by atoms with Gasteiger partial charge in [-0.25, -0.2) is 0 Å². The highest BCUT2D eigenvalue weighted by atomic mass is 79.9. The Bertz CT molecular complexity index is 268. The summed E-state index contributed by atoms with van der Waals surface area (Å²) < 4.78 is 46.7. The summed E-state index contributed by atoms with van der Waals surface area (Å²) in [5.41, 5.74) is -0.271. The number of hydrogen-bond acceptors (Lipinski definition) is 2. The molecule has 1 aliphatic carbocycles. The van der Waals surface area contributed by atoms with Crippen molar-refractivity contribution >= 4 is 15.9 Å². The van der Waals surface area contributed by atoms with Gasteiger partial charge in [-0.1, -0.05) is 15.9 Å². The second-order valence-electron chi connectivity index (χ2n) is 4.98. The Labute approximate surface area is 107 Å². The van der Waals surface area contributed by atoms with E-state index in [1.54, 1.807) is 0 Å². The molecule has 2 fully saturated rings. The summed E-state index contributed by atoms with van der Waals surface area (Å²) in [6.07, 6.45) is -1.16. The van der Waals surface area contributed by atoms with Crippen LogP contribution in [0.1, 0.15) is 19.3 Å². The Morgan fingerprint density at radius 2 is 2.06 bits per heavy atom. The molecule has 1 aliphatic heterocycles. The molecule has 2 unspecified atom stereocenters. The summed E-state index contributed by atoms with van der Waals surface area (Å²) in [5.74, 6) is 0.518. The van der Waals surface area contributed by atoms with Crippen molar-refractivity contribution in [2.45, 2.75) is 31.5 Å². The Balaban J connectivity index is 1.89. The molecule has 0 aromatic heterocycles. The summed E-state index contributed by atoms with van der Waals surface area (Å²) in [5, 5.41) is 0.638. The van der Waals surface area contributed by atoms with E-state index in [9.17, 15) is 13.2 Å². The lowest BCUT2D eigenvalue weighted by molar-refractivity contribution is -0.182. The number of ether oxygens (including phenoxy) is 2. The second kappa shape index (κ2) is 5.05. The van der Waals surface area contributed by atoms with Gasteiger partial charge in [-0.2, -0.15) is 13.2 Å². The maximum Gasteiger partial charge on any atom is 0.411 e. The molecule has 2 nitrogen and oxygen atoms in total. The maximum absolute atomic E-state index is 12.1. The van der Waals surface area contributed by atoms with E-state index in [0.29, 0.717) is 17.9 Å². The first-order valence-corrected chi connectivity index (χ1v) is 6.91. The molecule has 2 rings (SSSR count). The molecule has 1 saturated carbocycles. The Morgan fingerprint density at radius 3 is 2.59 bits per heavy atom. The van der Waals surface area contributed by atoms with E-state index in [1.165, 1.54) is 0 Å². The first-order chi connectivity index (χ1) is 7.97. The Hall–Kier alpha value is 0.190. The van der Waals surface area contributed by atoms with E-state index in [4.69, 9.17) is 9.47 Å². The molecule has 0 N–H and O–H groups in total. The lowest BCUT2D eigenvalue weighted by Gasteiger charge is -2.32. The number of rotatable bonds is 5. The highest BCUT2D eigenvalue weighted by molar-refractivity contribution is 9.09. The minimum Gasteiger partial charge on any atom is -0.377 e. The van der Waals surface area contributed by atoms with Crippen molar-refractivity contribution in [1.29, 1.82) is 0 Å². The van der Waals surface area contributed by atoms with Crippen molar-refractivity contribution < 1.29 is 22.6 Å². The zero-order valence-corrected chi connectivity index (χ0v) is 11.0. The third-order valence-corrected chi connectivity index (χ3v) is 4.59. The van der Waals surface area contributed by atoms with Gasteiger partial charge in [0.05, 0.1) is 12.7 Å². The van der Waals surface area contributed by atoms with Gasteiger partial charge in [-0.15, -0.1) is 0 Å². The predicted molar refractivity (Wildman–Crippen MR) is 60.2 cm³/mol. The molecule has 2 aliphatic rings. The van der Waals surface area contributed by atoms with Crippen molar-refractivity contribution in [1.82, 2.24) is 0 Å². The maximum atomic E-state index is 12.1. The first kappa shape index (κ1) is 13.6. The summed E-state index contributed by atoms with van der Waals surface area (Å²) in [6.45, 7) is -0.416. The van der Waals surface area contributed by atoms with E-state index in [0.717, 1.165) is 19.3 Å². The molecule has 1 heterocycles. The summed E-state index contributed by atoms with van der Waals surface area (Å²) >= 11 is 3.41. The third kappa shape index (κ3) is 3.35. The van der Waals surface area contributed by atoms with Crippen LogP contribution in [0.2, 0.25) is 0 Å². The van der Waals surface area contributed by atoms with Gasteiger partial charge in [0.25, 0.3) is 0 Å². The van der Waals surface area contributed by atoms with E-state index in [1.807, 2.05) is 0 Å². The van der Waals surface area contributed by atoms with E-state index < -0.39 is 12.8 Å². The van der Waals surface area contributed by atoms with Crippen LogP contribution in [0.15, 0.2) is 0 Å². The van der Waals surface area contributed by atoms with Crippen LogP contribution in [0.25, 0.3) is 0 Å². The molecule has 0 bridgehead atoms. The monoisotopic (exact) mass is 316 g/mol. The van der Waals surface area contributed by atoms with Crippen molar-refractivity contribution in [3.63, 3.8) is 0 Å². The van der Waals surface area contributed by atoms with Crippen molar-refractivity contribution in [2.24, 2.45) is 11.3 Å². The second-order valence-corrected chi connectivity index (χ2v) is 5.54. The predicted octanol–water partition coefficient (Wildman–Crippen LogP) is 3.15. The van der Waals surface area contributed by atoms with Crippen LogP contribution < -0.4 is 0 Å². The van der Waals surface area contributed by atoms with Crippen molar-refractivity contribution in [3.05, 3.63) is 0 Å². The quantitative estimate of drug-likeness (QED) is 0.725.